The Balaban J connectivity index is 1.86. The number of aromatic hydroxyl groups is 1. The molecule has 0 aliphatic heterocycles. The molecule has 0 unspecified atom stereocenters. The maximum Gasteiger partial charge on any atom is 0.471 e. The summed E-state index contributed by atoms with van der Waals surface area (Å²) in [7, 11) is 0. The van der Waals surface area contributed by atoms with Crippen molar-refractivity contribution in [3.8, 4) is 5.75 Å². The first-order valence-corrected chi connectivity index (χ1v) is 7.30. The third kappa shape index (κ3) is 3.40. The Morgan fingerprint density at radius 3 is 2.56 bits per heavy atom. The molecular weight excluding hydrogens is 335 g/mol. The molecule has 0 fully saturated rings. The summed E-state index contributed by atoms with van der Waals surface area (Å²) < 4.78 is 36.9. The van der Waals surface area contributed by atoms with Crippen molar-refractivity contribution in [1.82, 2.24) is 0 Å². The van der Waals surface area contributed by atoms with E-state index in [0.29, 0.717) is 22.3 Å². The maximum absolute atomic E-state index is 12.3. The number of halogens is 3. The summed E-state index contributed by atoms with van der Waals surface area (Å²) in [6.07, 6.45) is -3.21. The third-order valence-corrected chi connectivity index (χ3v) is 3.80. The molecule has 2 aromatic carbocycles. The lowest BCUT2D eigenvalue weighted by Crippen LogP contribution is -2.29. The van der Waals surface area contributed by atoms with Gasteiger partial charge in [-0.15, -0.1) is 0 Å². The largest absolute Gasteiger partial charge is 0.508 e. The Bertz CT molecular complexity index is 901. The molecule has 0 saturated heterocycles. The van der Waals surface area contributed by atoms with Crippen molar-refractivity contribution in [3.63, 3.8) is 0 Å². The molecule has 1 aliphatic rings. The lowest BCUT2D eigenvalue weighted by molar-refractivity contribution is -0.167. The monoisotopic (exact) mass is 347 g/mol. The molecule has 2 aromatic rings. The number of phenolic OH excluding ortho intramolecular Hbond substituents is 1. The highest BCUT2D eigenvalue weighted by atomic mass is 19.4. The van der Waals surface area contributed by atoms with Crippen molar-refractivity contribution in [2.24, 2.45) is 0 Å². The number of fused-ring (bicyclic) bond motifs is 1. The van der Waals surface area contributed by atoms with E-state index in [1.807, 2.05) is 0 Å². The molecule has 0 atom stereocenters. The predicted octanol–water partition coefficient (Wildman–Crippen LogP) is 3.72. The summed E-state index contributed by atoms with van der Waals surface area (Å²) in [6.45, 7) is 0. The number of nitrogens with one attached hydrogen (secondary N) is 1. The number of Topliss-reactive ketones (excluding diaryl/α,β-unsaturated/α-hetero) is 1. The smallest absolute Gasteiger partial charge is 0.471 e. The molecule has 25 heavy (non-hydrogen) atoms. The van der Waals surface area contributed by atoms with Gasteiger partial charge in [-0.3, -0.25) is 9.59 Å². The zero-order valence-corrected chi connectivity index (χ0v) is 12.7. The first kappa shape index (κ1) is 16.8. The van der Waals surface area contributed by atoms with Crippen LogP contribution in [-0.2, 0) is 11.2 Å². The van der Waals surface area contributed by atoms with Crippen LogP contribution < -0.4 is 5.32 Å². The highest BCUT2D eigenvalue weighted by Crippen LogP contribution is 2.33. The highest BCUT2D eigenvalue weighted by molar-refractivity contribution is 6.16. The normalized spacial score (nSPS) is 15.3. The van der Waals surface area contributed by atoms with Gasteiger partial charge in [0.25, 0.3) is 0 Å². The molecule has 1 amide bonds. The number of alkyl halides is 3. The second-order valence-corrected chi connectivity index (χ2v) is 5.56. The van der Waals surface area contributed by atoms with Gasteiger partial charge < -0.3 is 10.4 Å². The SMILES string of the molecule is O=C1/C(=C\c2cccc(NC(=O)C(F)(F)F)c2)Cc2c(O)cccc21. The van der Waals surface area contributed by atoms with Crippen LogP contribution in [0.15, 0.2) is 48.0 Å². The lowest BCUT2D eigenvalue weighted by Gasteiger charge is -2.08. The Kier molecular flexibility index (Phi) is 4.08. The van der Waals surface area contributed by atoms with E-state index in [9.17, 15) is 27.9 Å². The molecular formula is C18H12F3NO3. The average molecular weight is 347 g/mol. The molecule has 0 aromatic heterocycles. The molecule has 3 rings (SSSR count). The number of carbonyl (C=O) groups is 2. The van der Waals surface area contributed by atoms with Crippen LogP contribution in [0.2, 0.25) is 0 Å². The number of ketones is 1. The number of rotatable bonds is 2. The zero-order valence-electron chi connectivity index (χ0n) is 12.7. The van der Waals surface area contributed by atoms with Gasteiger partial charge in [0.1, 0.15) is 5.75 Å². The van der Waals surface area contributed by atoms with Crippen molar-refractivity contribution in [3.05, 3.63) is 64.7 Å². The fourth-order valence-corrected chi connectivity index (χ4v) is 2.64. The first-order valence-electron chi connectivity index (χ1n) is 7.30. The van der Waals surface area contributed by atoms with Crippen molar-refractivity contribution in [1.29, 1.82) is 0 Å². The molecule has 0 spiro atoms. The molecule has 7 heteroatoms. The summed E-state index contributed by atoms with van der Waals surface area (Å²) in [5.74, 6) is -2.28. The van der Waals surface area contributed by atoms with Gasteiger partial charge in [0, 0.05) is 28.8 Å². The van der Waals surface area contributed by atoms with Gasteiger partial charge in [0.05, 0.1) is 0 Å². The van der Waals surface area contributed by atoms with Gasteiger partial charge >= 0.3 is 12.1 Å². The van der Waals surface area contributed by atoms with E-state index in [0.717, 1.165) is 0 Å². The van der Waals surface area contributed by atoms with Gasteiger partial charge in [-0.25, -0.2) is 0 Å². The highest BCUT2D eigenvalue weighted by Gasteiger charge is 2.38. The Labute approximate surface area is 140 Å². The third-order valence-electron chi connectivity index (χ3n) is 3.80. The first-order chi connectivity index (χ1) is 11.8. The standard InChI is InChI=1S/C18H12F3NO3/c19-18(20,21)17(25)22-12-4-1-3-10(8-12)7-11-9-14-13(16(11)24)5-2-6-15(14)23/h1-8,23H,9H2,(H,22,25)/b11-7-. The number of amides is 1. The van der Waals surface area contributed by atoms with E-state index in [-0.39, 0.29) is 23.6 Å². The Morgan fingerprint density at radius 1 is 1.16 bits per heavy atom. The summed E-state index contributed by atoms with van der Waals surface area (Å²) in [4.78, 5) is 23.3. The molecule has 2 N–H and O–H groups in total. The van der Waals surface area contributed by atoms with E-state index >= 15 is 0 Å². The zero-order chi connectivity index (χ0) is 18.2. The van der Waals surface area contributed by atoms with Crippen LogP contribution in [0.1, 0.15) is 21.5 Å². The van der Waals surface area contributed by atoms with E-state index in [1.54, 1.807) is 23.5 Å². The van der Waals surface area contributed by atoms with Crippen LogP contribution in [0.4, 0.5) is 18.9 Å². The second kappa shape index (κ2) is 6.08. The van der Waals surface area contributed by atoms with Crippen molar-refractivity contribution >= 4 is 23.5 Å². The molecule has 0 heterocycles. The number of hydrogen-bond donors (Lipinski definition) is 2. The number of phenols is 1. The van der Waals surface area contributed by atoms with E-state index in [4.69, 9.17) is 0 Å². The summed E-state index contributed by atoms with van der Waals surface area (Å²) in [5.41, 5.74) is 1.79. The minimum absolute atomic E-state index is 0.0255. The molecule has 0 saturated carbocycles. The van der Waals surface area contributed by atoms with Crippen LogP contribution in [0, 0.1) is 0 Å². The summed E-state index contributed by atoms with van der Waals surface area (Å²) in [5, 5.41) is 11.6. The van der Waals surface area contributed by atoms with Gasteiger partial charge in [0.2, 0.25) is 0 Å². The van der Waals surface area contributed by atoms with Crippen molar-refractivity contribution < 1.29 is 27.9 Å². The van der Waals surface area contributed by atoms with Crippen LogP contribution >= 0.6 is 0 Å². The topological polar surface area (TPSA) is 66.4 Å². The predicted molar refractivity (Wildman–Crippen MR) is 85.2 cm³/mol. The molecule has 0 bridgehead atoms. The number of hydrogen-bond acceptors (Lipinski definition) is 3. The fourth-order valence-electron chi connectivity index (χ4n) is 2.64. The lowest BCUT2D eigenvalue weighted by atomic mass is 10.1. The average Bonchev–Trinajstić information content (AvgIpc) is 2.85. The van der Waals surface area contributed by atoms with Crippen LogP contribution in [0.3, 0.4) is 0 Å². The van der Waals surface area contributed by atoms with E-state index < -0.39 is 12.1 Å². The number of allylic oxidation sites excluding steroid dienone is 1. The molecule has 128 valence electrons. The minimum atomic E-state index is -4.98. The fraction of sp³-hybridized carbons (Fsp3) is 0.111. The second-order valence-electron chi connectivity index (χ2n) is 5.56. The summed E-state index contributed by atoms with van der Waals surface area (Å²) >= 11 is 0. The van der Waals surface area contributed by atoms with Crippen molar-refractivity contribution in [2.75, 3.05) is 5.32 Å². The Hall–Kier alpha value is -3.09. The molecule has 4 nitrogen and oxygen atoms in total. The van der Waals surface area contributed by atoms with Crippen molar-refractivity contribution in [2.45, 2.75) is 12.6 Å². The van der Waals surface area contributed by atoms with Gasteiger partial charge in [-0.05, 0) is 29.8 Å². The quantitative estimate of drug-likeness (QED) is 0.814. The van der Waals surface area contributed by atoms with E-state index in [1.165, 1.54) is 30.3 Å². The maximum atomic E-state index is 12.3. The van der Waals surface area contributed by atoms with Crippen LogP contribution in [0.25, 0.3) is 6.08 Å². The molecule has 0 radical (unpaired) electrons. The van der Waals surface area contributed by atoms with Gasteiger partial charge in [-0.1, -0.05) is 24.3 Å². The van der Waals surface area contributed by atoms with Gasteiger partial charge in [0.15, 0.2) is 5.78 Å². The number of benzene rings is 2. The number of anilines is 1. The van der Waals surface area contributed by atoms with Crippen LogP contribution in [-0.4, -0.2) is 23.0 Å². The number of carbonyl (C=O) groups excluding carboxylic acids is 2. The molecule has 1 aliphatic carbocycles. The minimum Gasteiger partial charge on any atom is -0.508 e. The summed E-state index contributed by atoms with van der Waals surface area (Å²) in [6, 6.07) is 10.4. The Morgan fingerprint density at radius 2 is 1.88 bits per heavy atom. The van der Waals surface area contributed by atoms with E-state index in [2.05, 4.69) is 0 Å². The van der Waals surface area contributed by atoms with Crippen LogP contribution in [0.5, 0.6) is 5.75 Å². The van der Waals surface area contributed by atoms with Gasteiger partial charge in [-0.2, -0.15) is 13.2 Å².